The van der Waals surface area contributed by atoms with E-state index in [0.29, 0.717) is 10.7 Å². The summed E-state index contributed by atoms with van der Waals surface area (Å²) in [5.41, 5.74) is -0.0143. The van der Waals surface area contributed by atoms with Gasteiger partial charge in [-0.15, -0.1) is 0 Å². The second-order valence-electron chi connectivity index (χ2n) is 4.11. The van der Waals surface area contributed by atoms with Crippen molar-refractivity contribution in [2.45, 2.75) is 13.3 Å². The van der Waals surface area contributed by atoms with E-state index in [4.69, 9.17) is 23.2 Å². The molecule has 0 aliphatic carbocycles. The molecule has 0 saturated carbocycles. The normalized spacial score (nSPS) is 10.8. The number of urea groups is 1. The van der Waals surface area contributed by atoms with E-state index in [2.05, 4.69) is 20.8 Å². The lowest BCUT2D eigenvalue weighted by atomic mass is 10.3. The van der Waals surface area contributed by atoms with Gasteiger partial charge in [-0.3, -0.25) is 5.10 Å². The Morgan fingerprint density at radius 1 is 1.33 bits per heavy atom. The number of carbonyl (C=O) groups excluding carboxylic acids is 1. The monoisotopic (exact) mass is 334 g/mol. The second kappa shape index (κ2) is 6.28. The van der Waals surface area contributed by atoms with Crippen LogP contribution >= 0.6 is 23.2 Å². The van der Waals surface area contributed by atoms with Crippen LogP contribution in [0.4, 0.5) is 25.0 Å². The lowest BCUT2D eigenvalue weighted by molar-refractivity contribution is 0.147. The van der Waals surface area contributed by atoms with Gasteiger partial charge in [0.15, 0.2) is 5.69 Å². The van der Waals surface area contributed by atoms with Crippen molar-refractivity contribution >= 4 is 40.6 Å². The summed E-state index contributed by atoms with van der Waals surface area (Å²) < 4.78 is 25.5. The first kappa shape index (κ1) is 15.5. The number of alkyl halides is 2. The average molecular weight is 335 g/mol. The molecule has 0 bridgehead atoms. The molecule has 0 spiro atoms. The number of rotatable bonds is 3. The van der Waals surface area contributed by atoms with E-state index in [1.165, 1.54) is 19.1 Å². The molecule has 0 fully saturated rings. The highest BCUT2D eigenvalue weighted by atomic mass is 35.5. The van der Waals surface area contributed by atoms with Crippen LogP contribution in [-0.4, -0.2) is 16.2 Å². The van der Waals surface area contributed by atoms with E-state index in [1.807, 2.05) is 0 Å². The first-order valence-corrected chi connectivity index (χ1v) is 6.50. The number of halogens is 4. The summed E-state index contributed by atoms with van der Waals surface area (Å²) in [4.78, 5) is 11.9. The van der Waals surface area contributed by atoms with Crippen molar-refractivity contribution in [1.29, 1.82) is 0 Å². The largest absolute Gasteiger partial charge is 0.323 e. The Kier molecular flexibility index (Phi) is 4.64. The molecular formula is C12H10Cl2F2N4O. The molecule has 0 aliphatic rings. The summed E-state index contributed by atoms with van der Waals surface area (Å²) in [6.07, 6.45) is -2.81. The van der Waals surface area contributed by atoms with E-state index in [1.54, 1.807) is 6.07 Å². The molecule has 2 amide bonds. The number of aromatic nitrogens is 2. The van der Waals surface area contributed by atoms with Gasteiger partial charge in [-0.05, 0) is 25.1 Å². The lowest BCUT2D eigenvalue weighted by Gasteiger charge is -2.10. The molecule has 0 aliphatic heterocycles. The van der Waals surface area contributed by atoms with E-state index >= 15 is 0 Å². The van der Waals surface area contributed by atoms with Gasteiger partial charge in [0, 0.05) is 5.02 Å². The third kappa shape index (κ3) is 3.62. The zero-order valence-corrected chi connectivity index (χ0v) is 12.2. The van der Waals surface area contributed by atoms with Gasteiger partial charge in [0.25, 0.3) is 6.43 Å². The number of amides is 2. The molecule has 1 aromatic carbocycles. The standard InChI is InChI=1S/C12H10Cl2F2N4O/c1-5-9(10(11(15)16)20-19-5)18-12(21)17-8-4-6(13)2-3-7(8)14/h2-4,11H,1H3,(H,19,20)(H2,17,18,21). The van der Waals surface area contributed by atoms with E-state index in [0.717, 1.165) is 0 Å². The summed E-state index contributed by atoms with van der Waals surface area (Å²) in [7, 11) is 0. The quantitative estimate of drug-likeness (QED) is 0.767. The van der Waals surface area contributed by atoms with Crippen LogP contribution in [0.25, 0.3) is 0 Å². The van der Waals surface area contributed by atoms with E-state index in [9.17, 15) is 13.6 Å². The maximum atomic E-state index is 12.7. The molecule has 0 saturated heterocycles. The van der Waals surface area contributed by atoms with Crippen molar-refractivity contribution < 1.29 is 13.6 Å². The number of nitrogens with zero attached hydrogens (tertiary/aromatic N) is 1. The van der Waals surface area contributed by atoms with Gasteiger partial charge in [-0.2, -0.15) is 5.10 Å². The number of carbonyl (C=O) groups is 1. The summed E-state index contributed by atoms with van der Waals surface area (Å²) >= 11 is 11.7. The summed E-state index contributed by atoms with van der Waals surface area (Å²) in [5, 5.41) is 11.2. The highest BCUT2D eigenvalue weighted by Gasteiger charge is 2.20. The highest BCUT2D eigenvalue weighted by molar-refractivity contribution is 6.35. The second-order valence-corrected chi connectivity index (χ2v) is 4.96. The molecule has 1 heterocycles. The van der Waals surface area contributed by atoms with Crippen LogP contribution in [0.2, 0.25) is 10.0 Å². The molecule has 0 radical (unpaired) electrons. The Morgan fingerprint density at radius 3 is 2.71 bits per heavy atom. The van der Waals surface area contributed by atoms with Gasteiger partial charge in [-0.1, -0.05) is 23.2 Å². The highest BCUT2D eigenvalue weighted by Crippen LogP contribution is 2.28. The zero-order chi connectivity index (χ0) is 15.6. The Hall–Kier alpha value is -1.86. The van der Waals surface area contributed by atoms with Gasteiger partial charge < -0.3 is 10.6 Å². The van der Waals surface area contributed by atoms with Crippen LogP contribution in [0.3, 0.4) is 0 Å². The van der Waals surface area contributed by atoms with Gasteiger partial charge >= 0.3 is 6.03 Å². The molecule has 5 nitrogen and oxygen atoms in total. The molecular weight excluding hydrogens is 325 g/mol. The van der Waals surface area contributed by atoms with Crippen LogP contribution in [0.15, 0.2) is 18.2 Å². The summed E-state index contributed by atoms with van der Waals surface area (Å²) in [5.74, 6) is 0. The minimum atomic E-state index is -2.81. The third-order valence-electron chi connectivity index (χ3n) is 2.60. The Morgan fingerprint density at radius 2 is 2.05 bits per heavy atom. The van der Waals surface area contributed by atoms with Crippen LogP contribution in [0.1, 0.15) is 17.8 Å². The number of aryl methyl sites for hydroxylation is 1. The fraction of sp³-hybridized carbons (Fsp3) is 0.167. The molecule has 2 aromatic rings. The predicted octanol–water partition coefficient (Wildman–Crippen LogP) is 4.61. The van der Waals surface area contributed by atoms with Crippen LogP contribution in [0, 0.1) is 6.92 Å². The van der Waals surface area contributed by atoms with Crippen molar-refractivity contribution in [3.05, 3.63) is 39.6 Å². The summed E-state index contributed by atoms with van der Waals surface area (Å²) in [6, 6.07) is 3.78. The number of hydrogen-bond donors (Lipinski definition) is 3. The number of aromatic amines is 1. The topological polar surface area (TPSA) is 69.8 Å². The van der Waals surface area contributed by atoms with Gasteiger partial charge in [0.1, 0.15) is 0 Å². The van der Waals surface area contributed by atoms with Gasteiger partial charge in [0.05, 0.1) is 22.1 Å². The minimum absolute atomic E-state index is 0.0688. The number of H-pyrrole nitrogens is 1. The molecule has 2 rings (SSSR count). The molecule has 9 heteroatoms. The fourth-order valence-corrected chi connectivity index (χ4v) is 1.96. The van der Waals surface area contributed by atoms with Crippen molar-refractivity contribution in [3.8, 4) is 0 Å². The number of anilines is 2. The molecule has 0 atom stereocenters. The Labute approximate surface area is 128 Å². The van der Waals surface area contributed by atoms with Crippen molar-refractivity contribution in [1.82, 2.24) is 10.2 Å². The van der Waals surface area contributed by atoms with Gasteiger partial charge in [-0.25, -0.2) is 13.6 Å². The minimum Gasteiger partial charge on any atom is -0.306 e. The van der Waals surface area contributed by atoms with Gasteiger partial charge in [0.2, 0.25) is 0 Å². The Bertz CT molecular complexity index is 675. The maximum Gasteiger partial charge on any atom is 0.323 e. The van der Waals surface area contributed by atoms with Crippen LogP contribution in [0.5, 0.6) is 0 Å². The van der Waals surface area contributed by atoms with Crippen LogP contribution in [-0.2, 0) is 0 Å². The van der Waals surface area contributed by atoms with Crippen molar-refractivity contribution in [3.63, 3.8) is 0 Å². The number of nitrogens with one attached hydrogen (secondary N) is 3. The van der Waals surface area contributed by atoms with Crippen molar-refractivity contribution in [2.24, 2.45) is 0 Å². The third-order valence-corrected chi connectivity index (χ3v) is 3.16. The van der Waals surface area contributed by atoms with E-state index < -0.39 is 18.2 Å². The molecule has 0 unspecified atom stereocenters. The van der Waals surface area contributed by atoms with Crippen LogP contribution < -0.4 is 10.6 Å². The Balaban J connectivity index is 2.16. The molecule has 21 heavy (non-hydrogen) atoms. The molecule has 1 aromatic heterocycles. The van der Waals surface area contributed by atoms with Crippen molar-refractivity contribution in [2.75, 3.05) is 10.6 Å². The molecule has 112 valence electrons. The number of hydrogen-bond acceptors (Lipinski definition) is 2. The number of benzene rings is 1. The summed E-state index contributed by atoms with van der Waals surface area (Å²) in [6.45, 7) is 1.51. The predicted molar refractivity (Wildman–Crippen MR) is 77.4 cm³/mol. The average Bonchev–Trinajstić information content (AvgIpc) is 2.75. The SMILES string of the molecule is Cc1[nH]nc(C(F)F)c1NC(=O)Nc1cc(Cl)ccc1Cl. The lowest BCUT2D eigenvalue weighted by Crippen LogP contribution is -2.20. The first-order chi connectivity index (χ1) is 9.88. The fourth-order valence-electron chi connectivity index (χ4n) is 1.62. The first-order valence-electron chi connectivity index (χ1n) is 5.74. The maximum absolute atomic E-state index is 12.7. The van der Waals surface area contributed by atoms with E-state index in [-0.39, 0.29) is 16.4 Å². The smallest absolute Gasteiger partial charge is 0.306 e. The molecule has 3 N–H and O–H groups in total. The zero-order valence-electron chi connectivity index (χ0n) is 10.7.